The molecule has 3 aliphatic carbocycles. The summed E-state index contributed by atoms with van der Waals surface area (Å²) in [5, 5.41) is 14.1. The predicted octanol–water partition coefficient (Wildman–Crippen LogP) is 4.86. The van der Waals surface area contributed by atoms with Crippen molar-refractivity contribution < 1.29 is 28.6 Å². The normalized spacial score (nSPS) is 25.0. The van der Waals surface area contributed by atoms with Crippen molar-refractivity contribution in [3.63, 3.8) is 0 Å². The maximum absolute atomic E-state index is 14.7. The van der Waals surface area contributed by atoms with E-state index >= 15 is 0 Å². The van der Waals surface area contributed by atoms with Crippen molar-refractivity contribution in [1.82, 2.24) is 14.7 Å². The van der Waals surface area contributed by atoms with Crippen LogP contribution in [-0.2, 0) is 27.2 Å². The van der Waals surface area contributed by atoms with E-state index in [1.54, 1.807) is 6.07 Å². The smallest absolute Gasteiger partial charge is 0.306 e. The fourth-order valence-electron chi connectivity index (χ4n) is 7.22. The molecule has 5 aliphatic rings. The Morgan fingerprint density at radius 1 is 1.10 bits per heavy atom. The van der Waals surface area contributed by atoms with E-state index in [2.05, 4.69) is 0 Å². The van der Waals surface area contributed by atoms with E-state index in [0.717, 1.165) is 42.6 Å². The van der Waals surface area contributed by atoms with E-state index < -0.39 is 23.6 Å². The highest BCUT2D eigenvalue weighted by Gasteiger charge is 2.49. The molecule has 1 aromatic carbocycles. The Morgan fingerprint density at radius 2 is 1.88 bits per heavy atom. The van der Waals surface area contributed by atoms with E-state index in [1.165, 1.54) is 10.7 Å². The maximum Gasteiger partial charge on any atom is 0.306 e. The molecule has 216 valence electrons. The largest absolute Gasteiger partial charge is 0.481 e. The number of nitrogens with zero attached hydrogens (tertiary/aromatic N) is 3. The van der Waals surface area contributed by atoms with Crippen LogP contribution >= 0.6 is 11.6 Å². The number of carboxylic acid groups (broad SMARTS) is 1. The number of fused-ring (bicyclic) bond motifs is 1. The van der Waals surface area contributed by atoms with Crippen molar-refractivity contribution in [3.8, 4) is 0 Å². The minimum Gasteiger partial charge on any atom is -0.481 e. The van der Waals surface area contributed by atoms with Crippen LogP contribution < -0.4 is 0 Å². The first-order valence-electron chi connectivity index (χ1n) is 14.7. The first kappa shape index (κ1) is 26.8. The molecule has 10 heteroatoms. The Balaban J connectivity index is 1.24. The van der Waals surface area contributed by atoms with Crippen LogP contribution in [0.2, 0.25) is 5.02 Å². The van der Waals surface area contributed by atoms with E-state index in [-0.39, 0.29) is 33.7 Å². The van der Waals surface area contributed by atoms with Crippen molar-refractivity contribution >= 4 is 35.0 Å². The van der Waals surface area contributed by atoms with Gasteiger partial charge in [0.05, 0.1) is 34.5 Å². The van der Waals surface area contributed by atoms with Gasteiger partial charge in [-0.3, -0.25) is 14.4 Å². The minimum atomic E-state index is -0.810. The van der Waals surface area contributed by atoms with Crippen molar-refractivity contribution in [1.29, 1.82) is 0 Å². The number of amides is 1. The summed E-state index contributed by atoms with van der Waals surface area (Å²) < 4.78 is 21.6. The average Bonchev–Trinajstić information content (AvgIpc) is 3.55. The summed E-state index contributed by atoms with van der Waals surface area (Å²) in [5.41, 5.74) is 4.19. The highest BCUT2D eigenvalue weighted by molar-refractivity contribution is 6.34. The number of rotatable bonds is 5. The van der Waals surface area contributed by atoms with Gasteiger partial charge in [0, 0.05) is 43.0 Å². The summed E-state index contributed by atoms with van der Waals surface area (Å²) in [6.45, 7) is 2.86. The molecule has 3 fully saturated rings. The zero-order valence-electron chi connectivity index (χ0n) is 22.8. The van der Waals surface area contributed by atoms with Crippen LogP contribution in [0.5, 0.6) is 0 Å². The molecule has 0 radical (unpaired) electrons. The number of ether oxygens (including phenoxy) is 1. The molecule has 1 N–H and O–H groups in total. The van der Waals surface area contributed by atoms with E-state index in [0.29, 0.717) is 69.6 Å². The maximum atomic E-state index is 14.7. The lowest BCUT2D eigenvalue weighted by atomic mass is 9.77. The van der Waals surface area contributed by atoms with Crippen LogP contribution in [0.1, 0.15) is 83.7 Å². The Morgan fingerprint density at radius 3 is 2.54 bits per heavy atom. The van der Waals surface area contributed by atoms with E-state index in [9.17, 15) is 23.9 Å². The molecule has 1 saturated carbocycles. The highest BCUT2D eigenvalue weighted by Crippen LogP contribution is 2.45. The molecule has 2 aromatic rings. The third-order valence-electron chi connectivity index (χ3n) is 9.79. The van der Waals surface area contributed by atoms with Gasteiger partial charge in [0.15, 0.2) is 0 Å². The molecule has 0 bridgehead atoms. The number of halogens is 2. The fraction of sp³-hybridized carbons (Fsp3) is 0.548. The second-order valence-electron chi connectivity index (χ2n) is 12.6. The second kappa shape index (κ2) is 10.1. The lowest BCUT2D eigenvalue weighted by molar-refractivity contribution is -0.148. The van der Waals surface area contributed by atoms with Gasteiger partial charge < -0.3 is 14.7 Å². The zero-order valence-corrected chi connectivity index (χ0v) is 23.6. The summed E-state index contributed by atoms with van der Waals surface area (Å²) in [7, 11) is 0. The summed E-state index contributed by atoms with van der Waals surface area (Å²) in [6.07, 6.45) is 7.79. The molecule has 2 saturated heterocycles. The van der Waals surface area contributed by atoms with E-state index in [1.807, 2.05) is 11.0 Å². The van der Waals surface area contributed by atoms with Gasteiger partial charge in [0.2, 0.25) is 5.91 Å². The predicted molar refractivity (Wildman–Crippen MR) is 148 cm³/mol. The molecule has 2 unspecified atom stereocenters. The first-order chi connectivity index (χ1) is 19.7. The molecule has 8 nitrogen and oxygen atoms in total. The van der Waals surface area contributed by atoms with E-state index in [4.69, 9.17) is 21.4 Å². The summed E-state index contributed by atoms with van der Waals surface area (Å²) in [4.78, 5) is 41.2. The van der Waals surface area contributed by atoms with Crippen LogP contribution in [0.25, 0.3) is 5.57 Å². The SMILES string of the molecule is O=C(O)C1CC=C(c2nn(C(=O)c3c(C4CC4)ccc(F)c3Cl)c3c2CCC(C(=O)N2CC4(CCOC4)C2)C3)CC1. The van der Waals surface area contributed by atoms with Gasteiger partial charge in [-0.05, 0) is 74.5 Å². The summed E-state index contributed by atoms with van der Waals surface area (Å²) in [6, 6.07) is 2.96. The van der Waals surface area contributed by atoms with Gasteiger partial charge in [-0.2, -0.15) is 9.78 Å². The van der Waals surface area contributed by atoms with Crippen LogP contribution in [0.4, 0.5) is 4.39 Å². The monoisotopic (exact) mass is 581 g/mol. The number of aliphatic carboxylic acids is 1. The fourth-order valence-corrected chi connectivity index (χ4v) is 7.47. The number of likely N-dealkylation sites (tertiary alicyclic amines) is 1. The van der Waals surface area contributed by atoms with Crippen LogP contribution in [0.3, 0.4) is 0 Å². The lowest BCUT2D eigenvalue weighted by Crippen LogP contribution is -2.60. The molecule has 41 heavy (non-hydrogen) atoms. The molecule has 1 spiro atoms. The van der Waals surface area contributed by atoms with Gasteiger partial charge >= 0.3 is 5.97 Å². The number of carbonyl (C=O) groups excluding carboxylic acids is 2. The van der Waals surface area contributed by atoms with Crippen LogP contribution in [-0.4, -0.2) is 63.9 Å². The van der Waals surface area contributed by atoms with Crippen LogP contribution in [0.15, 0.2) is 18.2 Å². The quantitative estimate of drug-likeness (QED) is 0.541. The Bertz CT molecular complexity index is 1480. The van der Waals surface area contributed by atoms with Gasteiger partial charge in [0.25, 0.3) is 5.91 Å². The van der Waals surface area contributed by atoms with Crippen molar-refractivity contribution in [2.45, 2.75) is 63.7 Å². The Kier molecular flexibility index (Phi) is 6.58. The van der Waals surface area contributed by atoms with Crippen LogP contribution in [0, 0.1) is 23.1 Å². The number of carbonyl (C=O) groups is 3. The third kappa shape index (κ3) is 4.61. The molecule has 7 rings (SSSR count). The summed E-state index contributed by atoms with van der Waals surface area (Å²) in [5.74, 6) is -2.38. The molecule has 3 heterocycles. The number of carboxylic acids is 1. The molecular weight excluding hydrogens is 549 g/mol. The first-order valence-corrected chi connectivity index (χ1v) is 15.0. The zero-order chi connectivity index (χ0) is 28.5. The molecule has 2 atom stereocenters. The van der Waals surface area contributed by atoms with Crippen molar-refractivity contribution in [2.24, 2.45) is 17.3 Å². The highest BCUT2D eigenvalue weighted by atomic mass is 35.5. The second-order valence-corrected chi connectivity index (χ2v) is 12.9. The lowest BCUT2D eigenvalue weighted by Gasteiger charge is -2.48. The molecular formula is C31H33ClFN3O5. The van der Waals surface area contributed by atoms with Gasteiger partial charge in [-0.1, -0.05) is 23.7 Å². The van der Waals surface area contributed by atoms with Gasteiger partial charge in [-0.25, -0.2) is 4.39 Å². The Labute approximate surface area is 242 Å². The number of benzene rings is 1. The van der Waals surface area contributed by atoms with Crippen molar-refractivity contribution in [3.05, 3.63) is 57.1 Å². The topological polar surface area (TPSA) is 102 Å². The van der Waals surface area contributed by atoms with Crippen molar-refractivity contribution in [2.75, 3.05) is 26.3 Å². The summed E-state index contributed by atoms with van der Waals surface area (Å²) >= 11 is 6.43. The Hall–Kier alpha value is -3.04. The molecule has 1 amide bonds. The molecule has 2 aliphatic heterocycles. The standard InChI is InChI=1S/C31H33ClFN3O5/c32-26-23(33)10-9-21(17-1-2-17)25(26)29(38)36-24-13-20(28(37)35-14-31(15-35)11-12-41-16-31)7-8-22(24)27(34-36)18-3-5-19(6-4-18)30(39)40/h3,9-10,17,19-20H,1-2,4-8,11-16H2,(H,39,40). The average molecular weight is 582 g/mol. The van der Waals surface area contributed by atoms with Gasteiger partial charge in [0.1, 0.15) is 5.82 Å². The number of hydrogen-bond donors (Lipinski definition) is 1. The third-order valence-corrected chi connectivity index (χ3v) is 10.2. The number of hydrogen-bond acceptors (Lipinski definition) is 5. The van der Waals surface area contributed by atoms with Gasteiger partial charge in [-0.15, -0.1) is 0 Å². The number of aromatic nitrogens is 2. The number of allylic oxidation sites excluding steroid dienone is 2. The molecule has 1 aromatic heterocycles. The minimum absolute atomic E-state index is 0.0923.